The van der Waals surface area contributed by atoms with Crippen LogP contribution in [0.25, 0.3) is 32.3 Å². The summed E-state index contributed by atoms with van der Waals surface area (Å²) in [4.78, 5) is 8.71. The molecule has 1 atom stereocenters. The molecule has 0 heterocycles. The first-order valence-corrected chi connectivity index (χ1v) is 15.5. The number of rotatable bonds is 8. The van der Waals surface area contributed by atoms with Crippen LogP contribution in [0.4, 0.5) is 38.7 Å². The maximum absolute atomic E-state index is 13.0. The highest BCUT2D eigenvalue weighted by Gasteiger charge is 2.21. The summed E-state index contributed by atoms with van der Waals surface area (Å²) in [6.45, 7) is 1.70. The van der Waals surface area contributed by atoms with Gasteiger partial charge in [0.2, 0.25) is 0 Å². The Morgan fingerprint density at radius 2 is 0.804 bits per heavy atom. The van der Waals surface area contributed by atoms with Crippen LogP contribution in [0.15, 0.2) is 164 Å². The third kappa shape index (κ3) is 4.71. The number of hydrogen-bond donors (Lipinski definition) is 0. The molecule has 0 amide bonds. The molecule has 8 aromatic rings. The average Bonchev–Trinajstić information content (AvgIpc) is 3.13. The van der Waals surface area contributed by atoms with Crippen molar-refractivity contribution in [2.45, 2.75) is 13.0 Å². The Kier molecular flexibility index (Phi) is 7.05. The maximum atomic E-state index is 13.0. The van der Waals surface area contributed by atoms with E-state index in [0.717, 1.165) is 45.1 Å². The summed E-state index contributed by atoms with van der Waals surface area (Å²) in [7, 11) is 0. The van der Waals surface area contributed by atoms with Crippen molar-refractivity contribution in [2.24, 2.45) is 0 Å². The highest BCUT2D eigenvalue weighted by atomic mass is 19.3. The van der Waals surface area contributed by atoms with Gasteiger partial charge in [-0.25, -0.2) is 0 Å². The lowest BCUT2D eigenvalue weighted by molar-refractivity contribution is -0.175. The Labute approximate surface area is 267 Å². The zero-order valence-electron chi connectivity index (χ0n) is 25.3. The fourth-order valence-electron chi connectivity index (χ4n) is 6.69. The number of hydrogen-bond acceptors (Lipinski definition) is 3. The van der Waals surface area contributed by atoms with E-state index in [9.17, 15) is 4.53 Å². The van der Waals surface area contributed by atoms with Crippen molar-refractivity contribution in [3.63, 3.8) is 0 Å². The van der Waals surface area contributed by atoms with Gasteiger partial charge < -0.3 is 9.80 Å². The summed E-state index contributed by atoms with van der Waals surface area (Å²) in [6, 6.07) is 57.3. The van der Waals surface area contributed by atoms with Crippen LogP contribution >= 0.6 is 0 Å². The molecule has 1 unspecified atom stereocenters. The van der Waals surface area contributed by atoms with Crippen LogP contribution in [0.5, 0.6) is 0 Å². The summed E-state index contributed by atoms with van der Waals surface area (Å²) < 4.78 is 13.0. The Balaban J connectivity index is 1.37. The summed E-state index contributed by atoms with van der Waals surface area (Å²) >= 11 is 0. The molecule has 0 aliphatic heterocycles. The Hall–Kier alpha value is -5.71. The van der Waals surface area contributed by atoms with E-state index in [0.29, 0.717) is 0 Å². The maximum Gasteiger partial charge on any atom is 0.121 e. The van der Waals surface area contributed by atoms with Crippen molar-refractivity contribution < 1.29 is 9.47 Å². The quantitative estimate of drug-likeness (QED) is 0.162. The van der Waals surface area contributed by atoms with E-state index in [1.165, 1.54) is 26.9 Å². The molecule has 0 bridgehead atoms. The van der Waals surface area contributed by atoms with Gasteiger partial charge >= 0.3 is 0 Å². The molecule has 0 aliphatic rings. The van der Waals surface area contributed by atoms with Crippen LogP contribution in [-0.4, -0.2) is 0 Å². The molecule has 0 N–H and O–H groups in total. The van der Waals surface area contributed by atoms with Crippen molar-refractivity contribution in [2.75, 3.05) is 9.80 Å². The predicted octanol–water partition coefficient (Wildman–Crippen LogP) is 12.5. The Bertz CT molecular complexity index is 2220. The van der Waals surface area contributed by atoms with Gasteiger partial charge in [-0.1, -0.05) is 103 Å². The van der Waals surface area contributed by atoms with Gasteiger partial charge in [0, 0.05) is 33.5 Å². The fourth-order valence-corrected chi connectivity index (χ4v) is 6.69. The minimum atomic E-state index is -0.630. The smallest absolute Gasteiger partial charge is 0.121 e. The van der Waals surface area contributed by atoms with Crippen LogP contribution in [0, 0.1) is 0 Å². The largest absolute Gasteiger partial charge is 0.310 e. The molecule has 0 saturated carbocycles. The lowest BCUT2D eigenvalue weighted by Gasteiger charge is -2.29. The Morgan fingerprint density at radius 3 is 1.20 bits per heavy atom. The van der Waals surface area contributed by atoms with Gasteiger partial charge in [-0.05, 0) is 99.2 Å². The lowest BCUT2D eigenvalue weighted by Crippen LogP contribution is -2.11. The van der Waals surface area contributed by atoms with E-state index in [2.05, 4.69) is 148 Å². The normalized spacial score (nSPS) is 12.1. The van der Waals surface area contributed by atoms with Crippen molar-refractivity contribution in [3.8, 4) is 0 Å². The van der Waals surface area contributed by atoms with Crippen LogP contribution in [-0.2, 0) is 4.94 Å². The molecule has 8 rings (SSSR count). The monoisotopic (exact) mass is 598 g/mol. The summed E-state index contributed by atoms with van der Waals surface area (Å²) in [6.07, 6.45) is -0.630. The second-order valence-electron chi connectivity index (χ2n) is 11.6. The van der Waals surface area contributed by atoms with Crippen LogP contribution in [0.2, 0.25) is 0 Å². The van der Waals surface area contributed by atoms with Gasteiger partial charge in [0.25, 0.3) is 0 Å². The van der Waals surface area contributed by atoms with E-state index in [1.807, 2.05) is 30.3 Å². The van der Waals surface area contributed by atoms with Crippen molar-refractivity contribution in [1.29, 1.82) is 0 Å². The van der Waals surface area contributed by atoms with Crippen molar-refractivity contribution >= 4 is 66.4 Å². The first-order valence-electron chi connectivity index (χ1n) is 15.5. The third-order valence-corrected chi connectivity index (χ3v) is 8.90. The zero-order valence-corrected chi connectivity index (χ0v) is 25.3. The SMILES string of the molecule is CC(OF)c1ccc(N(c2ccccc2)c2ccc3ccc4c(N(c5ccccc5)c5ccccc5)ccc5ccc2c3c54)cc1. The first-order chi connectivity index (χ1) is 22.7. The highest BCUT2D eigenvalue weighted by Crippen LogP contribution is 2.47. The summed E-state index contributed by atoms with van der Waals surface area (Å²) in [5, 5.41) is 7.21. The second-order valence-corrected chi connectivity index (χ2v) is 11.6. The number of benzene rings is 8. The molecule has 0 radical (unpaired) electrons. The van der Waals surface area contributed by atoms with Gasteiger partial charge in [-0.3, -0.25) is 0 Å². The van der Waals surface area contributed by atoms with E-state index in [1.54, 1.807) is 6.92 Å². The molecule has 8 aromatic carbocycles. The molecule has 3 nitrogen and oxygen atoms in total. The predicted molar refractivity (Wildman–Crippen MR) is 190 cm³/mol. The number of halogens is 1. The minimum Gasteiger partial charge on any atom is -0.310 e. The van der Waals surface area contributed by atoms with E-state index < -0.39 is 6.10 Å². The van der Waals surface area contributed by atoms with Gasteiger partial charge in [0.15, 0.2) is 0 Å². The molecular formula is C42H31FN2O. The number of para-hydroxylation sites is 3. The van der Waals surface area contributed by atoms with E-state index >= 15 is 0 Å². The van der Waals surface area contributed by atoms with Gasteiger partial charge in [-0.15, -0.1) is 0 Å². The van der Waals surface area contributed by atoms with E-state index in [4.69, 9.17) is 0 Å². The topological polar surface area (TPSA) is 15.7 Å². The standard InChI is InChI=1S/C42H31FN2O/c1-29(46-43)30-17-23-36(24-18-30)45(35-15-9-4-10-16-35)40-28-22-32-19-25-37-39(27-21-31-20-26-38(40)42(32)41(31)37)44(33-11-5-2-6-12-33)34-13-7-3-8-14-34/h2-29H,1H3. The van der Waals surface area contributed by atoms with Gasteiger partial charge in [0.1, 0.15) is 6.10 Å². The molecule has 0 saturated heterocycles. The first kappa shape index (κ1) is 27.8. The molecule has 0 fully saturated rings. The van der Waals surface area contributed by atoms with Crippen molar-refractivity contribution in [1.82, 2.24) is 0 Å². The van der Waals surface area contributed by atoms with Crippen LogP contribution < -0.4 is 9.80 Å². The number of nitrogens with zero attached hydrogens (tertiary/aromatic N) is 2. The fraction of sp³-hybridized carbons (Fsp3) is 0.0476. The van der Waals surface area contributed by atoms with Crippen molar-refractivity contribution in [3.05, 3.63) is 169 Å². The van der Waals surface area contributed by atoms with Gasteiger partial charge in [-0.2, -0.15) is 4.94 Å². The highest BCUT2D eigenvalue weighted by molar-refractivity contribution is 6.28. The lowest BCUT2D eigenvalue weighted by atomic mass is 9.91. The molecule has 0 aromatic heterocycles. The molecule has 222 valence electrons. The Morgan fingerprint density at radius 1 is 0.435 bits per heavy atom. The average molecular weight is 599 g/mol. The molecule has 4 heteroatoms. The molecule has 46 heavy (non-hydrogen) atoms. The van der Waals surface area contributed by atoms with Crippen LogP contribution in [0.1, 0.15) is 18.6 Å². The third-order valence-electron chi connectivity index (χ3n) is 8.90. The van der Waals surface area contributed by atoms with Crippen LogP contribution in [0.3, 0.4) is 0 Å². The number of anilines is 6. The summed E-state index contributed by atoms with van der Waals surface area (Å²) in [5.41, 5.74) is 7.22. The molecule has 0 aliphatic carbocycles. The van der Waals surface area contributed by atoms with Gasteiger partial charge in [0.05, 0.1) is 11.4 Å². The zero-order chi connectivity index (χ0) is 31.0. The van der Waals surface area contributed by atoms with E-state index in [-0.39, 0.29) is 0 Å². The minimum absolute atomic E-state index is 0.630. The summed E-state index contributed by atoms with van der Waals surface area (Å²) in [5.74, 6) is 0. The molecular weight excluding hydrogens is 567 g/mol. The molecule has 0 spiro atoms. The second kappa shape index (κ2) is 11.7.